The summed E-state index contributed by atoms with van der Waals surface area (Å²) in [6.45, 7) is 5.59. The Balaban J connectivity index is 1.46. The van der Waals surface area contributed by atoms with Gasteiger partial charge >= 0.3 is 0 Å². The van der Waals surface area contributed by atoms with Gasteiger partial charge in [-0.2, -0.15) is 5.10 Å². The van der Waals surface area contributed by atoms with Gasteiger partial charge in [0.2, 0.25) is 0 Å². The van der Waals surface area contributed by atoms with Gasteiger partial charge in [-0.1, -0.05) is 18.2 Å². The zero-order valence-corrected chi connectivity index (χ0v) is 17.3. The number of ether oxygens (including phenoxy) is 1. The summed E-state index contributed by atoms with van der Waals surface area (Å²) in [4.78, 5) is 27.1. The van der Waals surface area contributed by atoms with Gasteiger partial charge in [-0.15, -0.1) is 0 Å². The zero-order valence-electron chi connectivity index (χ0n) is 17.3. The van der Waals surface area contributed by atoms with Crippen LogP contribution in [0.1, 0.15) is 58.8 Å². The highest BCUT2D eigenvalue weighted by Crippen LogP contribution is 2.37. The Labute approximate surface area is 171 Å². The molecular formula is C22H28N4O3. The van der Waals surface area contributed by atoms with Crippen LogP contribution in [0, 0.1) is 0 Å². The zero-order chi connectivity index (χ0) is 20.6. The van der Waals surface area contributed by atoms with E-state index >= 15 is 0 Å². The van der Waals surface area contributed by atoms with Crippen molar-refractivity contribution < 1.29 is 14.3 Å². The average molecular weight is 396 g/mol. The standard InChI is InChI=1S/C22H28N4O3/c1-15(2)23-20(27)19-17-14-29-22(13-18(17)25(3)24-19)9-11-26(12-10-22)21(28)16-7-5-4-6-8-16/h4-8,15H,9-14H2,1-3H3,(H,23,27). The van der Waals surface area contributed by atoms with Gasteiger partial charge in [-0.25, -0.2) is 0 Å². The third-order valence-corrected chi connectivity index (χ3v) is 5.90. The van der Waals surface area contributed by atoms with E-state index in [-0.39, 0.29) is 23.5 Å². The quantitative estimate of drug-likeness (QED) is 0.864. The van der Waals surface area contributed by atoms with E-state index in [1.165, 1.54) is 0 Å². The maximum absolute atomic E-state index is 12.7. The topological polar surface area (TPSA) is 76.5 Å². The summed E-state index contributed by atoms with van der Waals surface area (Å²) >= 11 is 0. The Bertz CT molecular complexity index is 912. The SMILES string of the molecule is CC(C)NC(=O)c1nn(C)c2c1COC1(CCN(C(=O)c3ccccc3)CC1)C2. The lowest BCUT2D eigenvalue weighted by molar-refractivity contribution is -0.0990. The molecule has 1 saturated heterocycles. The molecule has 1 N–H and O–H groups in total. The normalized spacial score (nSPS) is 18.0. The smallest absolute Gasteiger partial charge is 0.272 e. The molecule has 2 aliphatic rings. The van der Waals surface area contributed by atoms with Gasteiger partial charge in [-0.3, -0.25) is 14.3 Å². The molecule has 154 valence electrons. The first-order chi connectivity index (χ1) is 13.9. The molecule has 3 heterocycles. The lowest BCUT2D eigenvalue weighted by Crippen LogP contribution is -2.50. The summed E-state index contributed by atoms with van der Waals surface area (Å²) in [5.41, 5.74) is 2.84. The molecule has 0 saturated carbocycles. The molecule has 0 aliphatic carbocycles. The summed E-state index contributed by atoms with van der Waals surface area (Å²) < 4.78 is 8.12. The van der Waals surface area contributed by atoms with Crippen molar-refractivity contribution in [2.45, 2.75) is 51.4 Å². The summed E-state index contributed by atoms with van der Waals surface area (Å²) in [5.74, 6) is -0.0789. The molecule has 2 amide bonds. The fourth-order valence-corrected chi connectivity index (χ4v) is 4.27. The number of nitrogens with one attached hydrogen (secondary N) is 1. The van der Waals surface area contributed by atoms with Crippen molar-refractivity contribution in [2.75, 3.05) is 13.1 Å². The number of nitrogens with zero attached hydrogens (tertiary/aromatic N) is 3. The van der Waals surface area contributed by atoms with Gasteiger partial charge in [0, 0.05) is 49.4 Å². The lowest BCUT2D eigenvalue weighted by atomic mass is 9.83. The molecule has 7 heteroatoms. The molecule has 0 atom stereocenters. The van der Waals surface area contributed by atoms with Crippen molar-refractivity contribution in [3.8, 4) is 0 Å². The van der Waals surface area contributed by atoms with Gasteiger partial charge in [0.1, 0.15) is 0 Å². The van der Waals surface area contributed by atoms with Crippen molar-refractivity contribution >= 4 is 11.8 Å². The largest absolute Gasteiger partial charge is 0.370 e. The van der Waals surface area contributed by atoms with E-state index in [1.807, 2.05) is 60.8 Å². The van der Waals surface area contributed by atoms with Gasteiger partial charge in [-0.05, 0) is 38.8 Å². The van der Waals surface area contributed by atoms with E-state index in [4.69, 9.17) is 4.74 Å². The number of benzene rings is 1. The number of piperidine rings is 1. The van der Waals surface area contributed by atoms with Crippen LogP contribution in [0.15, 0.2) is 30.3 Å². The van der Waals surface area contributed by atoms with Crippen LogP contribution in [-0.2, 0) is 24.8 Å². The molecule has 1 aromatic carbocycles. The van der Waals surface area contributed by atoms with Crippen LogP contribution in [-0.4, -0.2) is 51.2 Å². The first-order valence-corrected chi connectivity index (χ1v) is 10.2. The van der Waals surface area contributed by atoms with Crippen molar-refractivity contribution in [1.82, 2.24) is 20.0 Å². The second kappa shape index (κ2) is 7.63. The fourth-order valence-electron chi connectivity index (χ4n) is 4.27. The minimum atomic E-state index is -0.292. The second-order valence-corrected chi connectivity index (χ2v) is 8.33. The molecule has 1 fully saturated rings. The lowest BCUT2D eigenvalue weighted by Gasteiger charge is -2.43. The first-order valence-electron chi connectivity index (χ1n) is 10.2. The van der Waals surface area contributed by atoms with E-state index in [9.17, 15) is 9.59 Å². The number of hydrogen-bond acceptors (Lipinski definition) is 4. The van der Waals surface area contributed by atoms with Crippen LogP contribution < -0.4 is 5.32 Å². The monoisotopic (exact) mass is 396 g/mol. The summed E-state index contributed by atoms with van der Waals surface area (Å²) in [7, 11) is 1.89. The summed E-state index contributed by atoms with van der Waals surface area (Å²) in [6.07, 6.45) is 2.28. The van der Waals surface area contributed by atoms with E-state index in [0.717, 1.165) is 29.7 Å². The highest BCUT2D eigenvalue weighted by atomic mass is 16.5. The molecular weight excluding hydrogens is 368 g/mol. The number of carbonyl (C=O) groups is 2. The molecule has 0 unspecified atom stereocenters. The number of amides is 2. The van der Waals surface area contributed by atoms with Crippen molar-refractivity contribution in [2.24, 2.45) is 7.05 Å². The van der Waals surface area contributed by atoms with Gasteiger partial charge in [0.15, 0.2) is 5.69 Å². The number of hydrogen-bond donors (Lipinski definition) is 1. The number of fused-ring (bicyclic) bond motifs is 1. The molecule has 29 heavy (non-hydrogen) atoms. The number of aromatic nitrogens is 2. The van der Waals surface area contributed by atoms with Gasteiger partial charge in [0.05, 0.1) is 12.2 Å². The predicted octanol–water partition coefficient (Wildman–Crippen LogP) is 2.31. The number of likely N-dealkylation sites (tertiary alicyclic amines) is 1. The minimum Gasteiger partial charge on any atom is -0.370 e. The molecule has 4 rings (SSSR count). The third kappa shape index (κ3) is 3.79. The van der Waals surface area contributed by atoms with Crippen molar-refractivity contribution in [1.29, 1.82) is 0 Å². The van der Waals surface area contributed by atoms with Crippen LogP contribution in [0.4, 0.5) is 0 Å². The maximum atomic E-state index is 12.7. The molecule has 1 aromatic heterocycles. The van der Waals surface area contributed by atoms with Crippen LogP contribution in [0.25, 0.3) is 0 Å². The molecule has 0 bridgehead atoms. The van der Waals surface area contributed by atoms with Crippen LogP contribution in [0.3, 0.4) is 0 Å². The predicted molar refractivity (Wildman–Crippen MR) is 109 cm³/mol. The Morgan fingerprint density at radius 2 is 1.86 bits per heavy atom. The Kier molecular flexibility index (Phi) is 5.17. The Morgan fingerprint density at radius 1 is 1.17 bits per heavy atom. The molecule has 2 aliphatic heterocycles. The van der Waals surface area contributed by atoms with E-state index < -0.39 is 0 Å². The van der Waals surface area contributed by atoms with Crippen LogP contribution in [0.2, 0.25) is 0 Å². The van der Waals surface area contributed by atoms with Crippen molar-refractivity contribution in [3.63, 3.8) is 0 Å². The third-order valence-electron chi connectivity index (χ3n) is 5.90. The fraction of sp³-hybridized carbons (Fsp3) is 0.500. The molecule has 2 aromatic rings. The van der Waals surface area contributed by atoms with Crippen LogP contribution >= 0.6 is 0 Å². The number of carbonyl (C=O) groups excluding carboxylic acids is 2. The van der Waals surface area contributed by atoms with E-state index in [0.29, 0.717) is 31.8 Å². The van der Waals surface area contributed by atoms with Gasteiger partial charge in [0.25, 0.3) is 11.8 Å². The molecule has 1 spiro atoms. The molecule has 7 nitrogen and oxygen atoms in total. The van der Waals surface area contributed by atoms with E-state index in [1.54, 1.807) is 0 Å². The number of aryl methyl sites for hydroxylation is 1. The minimum absolute atomic E-state index is 0.0579. The van der Waals surface area contributed by atoms with Gasteiger partial charge < -0.3 is 15.0 Å². The molecule has 0 radical (unpaired) electrons. The Hall–Kier alpha value is -2.67. The van der Waals surface area contributed by atoms with E-state index in [2.05, 4.69) is 10.4 Å². The first kappa shape index (κ1) is 19.6. The maximum Gasteiger partial charge on any atom is 0.272 e. The summed E-state index contributed by atoms with van der Waals surface area (Å²) in [5, 5.41) is 7.38. The average Bonchev–Trinajstić information content (AvgIpc) is 3.04. The number of rotatable bonds is 3. The van der Waals surface area contributed by atoms with Crippen LogP contribution in [0.5, 0.6) is 0 Å². The summed E-state index contributed by atoms with van der Waals surface area (Å²) in [6, 6.07) is 9.46. The highest BCUT2D eigenvalue weighted by Gasteiger charge is 2.42. The Morgan fingerprint density at radius 3 is 2.52 bits per heavy atom. The van der Waals surface area contributed by atoms with Crippen molar-refractivity contribution in [3.05, 3.63) is 52.8 Å². The second-order valence-electron chi connectivity index (χ2n) is 8.33. The highest BCUT2D eigenvalue weighted by molar-refractivity contribution is 5.94.